The molecule has 5 heterocycles. The van der Waals surface area contributed by atoms with Crippen molar-refractivity contribution in [3.05, 3.63) is 58.1 Å². The van der Waals surface area contributed by atoms with Crippen molar-refractivity contribution in [2.24, 2.45) is 11.8 Å². The van der Waals surface area contributed by atoms with Gasteiger partial charge < -0.3 is 44.2 Å². The molecule has 0 radical (unpaired) electrons. The smallest absolute Gasteiger partial charge is 0.420 e. The van der Waals surface area contributed by atoms with Gasteiger partial charge in [-0.1, -0.05) is 29.8 Å². The number of hydrogen-bond donors (Lipinski definition) is 2. The van der Waals surface area contributed by atoms with Gasteiger partial charge in [-0.15, -0.1) is 0 Å². The number of urea groups is 1. The van der Waals surface area contributed by atoms with Gasteiger partial charge in [0.25, 0.3) is 5.91 Å². The second-order valence-corrected chi connectivity index (χ2v) is 17.8. The average molecular weight is 905 g/mol. The van der Waals surface area contributed by atoms with Crippen LogP contribution in [-0.2, 0) is 42.8 Å². The summed E-state index contributed by atoms with van der Waals surface area (Å²) in [4.78, 5) is 63.0. The number of piperidine rings is 3. The van der Waals surface area contributed by atoms with Gasteiger partial charge in [-0.3, -0.25) is 14.5 Å². The van der Waals surface area contributed by atoms with Gasteiger partial charge in [0.15, 0.2) is 6.10 Å². The van der Waals surface area contributed by atoms with Crippen LogP contribution in [0.25, 0.3) is 0 Å². The third-order valence-corrected chi connectivity index (χ3v) is 13.7. The van der Waals surface area contributed by atoms with Crippen molar-refractivity contribution in [3.63, 3.8) is 0 Å². The molecule has 7 rings (SSSR count). The number of phenols is 1. The van der Waals surface area contributed by atoms with Crippen LogP contribution in [0.3, 0.4) is 0 Å². The van der Waals surface area contributed by atoms with Crippen LogP contribution in [0.1, 0.15) is 68.1 Å². The molecule has 4 amide bonds. The number of alkyl halides is 3. The first-order valence-corrected chi connectivity index (χ1v) is 22.9. The summed E-state index contributed by atoms with van der Waals surface area (Å²) in [5.41, 5.74) is 0.474. The molecule has 2 N–H and O–H groups in total. The van der Waals surface area contributed by atoms with E-state index in [0.29, 0.717) is 70.3 Å². The monoisotopic (exact) mass is 904 g/mol. The Morgan fingerprint density at radius 3 is 2.21 bits per heavy atom. The number of likely N-dealkylation sites (tertiary alicyclic amines) is 3. The predicted octanol–water partition coefficient (Wildman–Crippen LogP) is 6.27. The number of anilines is 1. The molecule has 346 valence electrons. The molecule has 1 atom stereocenters. The maximum atomic E-state index is 14.2. The van der Waals surface area contributed by atoms with Crippen molar-refractivity contribution in [1.29, 1.82) is 0 Å². The van der Waals surface area contributed by atoms with Crippen LogP contribution in [-0.4, -0.2) is 158 Å². The minimum absolute atomic E-state index is 0.0122. The fourth-order valence-electron chi connectivity index (χ4n) is 9.74. The van der Waals surface area contributed by atoms with E-state index in [0.717, 1.165) is 101 Å². The highest BCUT2D eigenvalue weighted by Crippen LogP contribution is 2.41. The molecule has 0 bridgehead atoms. The van der Waals surface area contributed by atoms with Gasteiger partial charge >= 0.3 is 24.3 Å². The molecule has 2 aromatic carbocycles. The number of aromatic hydroxyl groups is 1. The number of morpholine rings is 1. The minimum Gasteiger partial charge on any atom is -0.506 e. The molecule has 2 aromatic rings. The van der Waals surface area contributed by atoms with E-state index in [-0.39, 0.29) is 43.1 Å². The van der Waals surface area contributed by atoms with E-state index in [2.05, 4.69) is 15.1 Å². The molecule has 5 aliphatic heterocycles. The number of hydrogen-bond acceptors (Lipinski definition) is 10. The molecule has 5 aliphatic rings. The summed E-state index contributed by atoms with van der Waals surface area (Å²) >= 11 is 6.04. The summed E-state index contributed by atoms with van der Waals surface area (Å²) in [6, 6.07) is 9.23. The van der Waals surface area contributed by atoms with E-state index in [1.165, 1.54) is 4.90 Å². The highest BCUT2D eigenvalue weighted by molar-refractivity contribution is 6.32. The summed E-state index contributed by atoms with van der Waals surface area (Å²) in [6.45, 7) is 8.89. The number of para-hydroxylation sites is 1. The molecule has 63 heavy (non-hydrogen) atoms. The number of rotatable bonds is 13. The van der Waals surface area contributed by atoms with E-state index in [4.69, 9.17) is 25.8 Å². The van der Waals surface area contributed by atoms with Crippen molar-refractivity contribution in [1.82, 2.24) is 24.5 Å². The Hall–Kier alpha value is -4.32. The van der Waals surface area contributed by atoms with Crippen molar-refractivity contribution in [2.75, 3.05) is 97.1 Å². The summed E-state index contributed by atoms with van der Waals surface area (Å²) < 4.78 is 58.4. The lowest BCUT2D eigenvalue weighted by Gasteiger charge is -2.41. The topological polar surface area (TPSA) is 144 Å². The lowest BCUT2D eigenvalue weighted by Crippen LogP contribution is -2.52. The van der Waals surface area contributed by atoms with E-state index in [9.17, 15) is 37.5 Å². The van der Waals surface area contributed by atoms with E-state index in [1.807, 2.05) is 24.3 Å². The number of amides is 4. The number of halogens is 4. The molecule has 0 aliphatic carbocycles. The molecule has 4 fully saturated rings. The summed E-state index contributed by atoms with van der Waals surface area (Å²) in [5.74, 6) is -0.959. The predicted molar refractivity (Wildman–Crippen MR) is 228 cm³/mol. The second kappa shape index (κ2) is 21.6. The number of esters is 1. The summed E-state index contributed by atoms with van der Waals surface area (Å²) in [7, 11) is 0. The van der Waals surface area contributed by atoms with E-state index in [1.54, 1.807) is 9.80 Å². The first-order chi connectivity index (χ1) is 30.3. The zero-order valence-electron chi connectivity index (χ0n) is 35.8. The molecule has 18 heteroatoms. The van der Waals surface area contributed by atoms with Crippen molar-refractivity contribution in [2.45, 2.75) is 82.5 Å². The Bertz CT molecular complexity index is 1900. The average Bonchev–Trinajstić information content (AvgIpc) is 3.46. The normalized spacial score (nSPS) is 20.8. The van der Waals surface area contributed by atoms with Crippen LogP contribution in [0.5, 0.6) is 5.75 Å². The third-order valence-electron chi connectivity index (χ3n) is 13.4. The standard InChI is InChI=1S/C45H60ClF3N6O8/c46-37-29-31(28-36(41(37)57)45(47,48)49)30-39(63-44(60)54-20-11-35(12-21-54)55-22-10-34-4-1-2-5-38(34)50-43(55)59)42(58)53-18-8-33(9-19-53)32-6-15-52(16-7-32)17-13-40(56)62-25-3-14-51-23-26-61-27-24-51/h1-2,4-5,28-29,32-33,35,39,57H,3,6-27,30H2,(H,50,59)/t39-/m1/s1. The Balaban J connectivity index is 0.899. The van der Waals surface area contributed by atoms with Gasteiger partial charge in [0, 0.05) is 77.1 Å². The molecule has 0 spiro atoms. The molecule has 14 nitrogen and oxygen atoms in total. The molecule has 0 unspecified atom stereocenters. The lowest BCUT2D eigenvalue weighted by atomic mass is 9.78. The maximum absolute atomic E-state index is 14.2. The Morgan fingerprint density at radius 1 is 0.857 bits per heavy atom. The SMILES string of the molecule is O=C(CCN1CCC(C2CCN(C(=O)[C@@H](Cc3cc(Cl)c(O)c(C(F)(F)F)c3)OC(=O)N3CCC(N4CCc5ccccc5NC4=O)CC3)CC2)CC1)OCCCN1CCOCC1. The Kier molecular flexibility index (Phi) is 16.0. The first-order valence-electron chi connectivity index (χ1n) is 22.5. The number of carbonyl (C=O) groups is 4. The number of nitrogens with zero attached hydrogens (tertiary/aromatic N) is 5. The minimum atomic E-state index is -4.91. The summed E-state index contributed by atoms with van der Waals surface area (Å²) in [5, 5.41) is 12.6. The molecular formula is C45H60ClF3N6O8. The highest BCUT2D eigenvalue weighted by Gasteiger charge is 2.39. The first kappa shape index (κ1) is 46.7. The van der Waals surface area contributed by atoms with Crippen LogP contribution >= 0.6 is 11.6 Å². The van der Waals surface area contributed by atoms with Gasteiger partial charge in [-0.2, -0.15) is 13.2 Å². The van der Waals surface area contributed by atoms with Crippen molar-refractivity contribution >= 4 is 41.3 Å². The fourth-order valence-corrected chi connectivity index (χ4v) is 9.98. The maximum Gasteiger partial charge on any atom is 0.420 e. The molecule has 0 saturated carbocycles. The fraction of sp³-hybridized carbons (Fsp3) is 0.644. The van der Waals surface area contributed by atoms with Gasteiger partial charge in [0.1, 0.15) is 5.75 Å². The number of benzene rings is 2. The van der Waals surface area contributed by atoms with Crippen LogP contribution < -0.4 is 5.32 Å². The van der Waals surface area contributed by atoms with Crippen LogP contribution in [0.15, 0.2) is 36.4 Å². The number of fused-ring (bicyclic) bond motifs is 1. The Morgan fingerprint density at radius 2 is 1.51 bits per heavy atom. The van der Waals surface area contributed by atoms with Crippen LogP contribution in [0, 0.1) is 11.8 Å². The zero-order chi connectivity index (χ0) is 44.5. The largest absolute Gasteiger partial charge is 0.506 e. The van der Waals surface area contributed by atoms with Gasteiger partial charge in [-0.05, 0) is 106 Å². The highest BCUT2D eigenvalue weighted by atomic mass is 35.5. The van der Waals surface area contributed by atoms with Gasteiger partial charge in [0.05, 0.1) is 36.8 Å². The number of carbonyl (C=O) groups excluding carboxylic acids is 4. The van der Waals surface area contributed by atoms with Gasteiger partial charge in [-0.25, -0.2) is 9.59 Å². The van der Waals surface area contributed by atoms with E-state index < -0.39 is 40.6 Å². The van der Waals surface area contributed by atoms with Gasteiger partial charge in [0.2, 0.25) is 0 Å². The number of phenolic OH excluding ortho intramolecular Hbond substituents is 1. The molecule has 0 aromatic heterocycles. The number of ether oxygens (including phenoxy) is 3. The van der Waals surface area contributed by atoms with Crippen molar-refractivity contribution < 1.29 is 51.7 Å². The van der Waals surface area contributed by atoms with Crippen LogP contribution in [0.2, 0.25) is 5.02 Å². The lowest BCUT2D eigenvalue weighted by molar-refractivity contribution is -0.145. The van der Waals surface area contributed by atoms with Crippen LogP contribution in [0.4, 0.5) is 28.4 Å². The van der Waals surface area contributed by atoms with Crippen molar-refractivity contribution in [3.8, 4) is 5.75 Å². The number of nitrogens with one attached hydrogen (secondary N) is 1. The third kappa shape index (κ3) is 12.5. The second-order valence-electron chi connectivity index (χ2n) is 17.4. The Labute approximate surface area is 371 Å². The molecule has 4 saturated heterocycles. The summed E-state index contributed by atoms with van der Waals surface area (Å²) in [6.07, 6.45) is -1.26. The molecular weight excluding hydrogens is 845 g/mol. The van der Waals surface area contributed by atoms with E-state index >= 15 is 0 Å². The zero-order valence-corrected chi connectivity index (χ0v) is 36.6. The quantitative estimate of drug-likeness (QED) is 0.174.